The van der Waals surface area contributed by atoms with Gasteiger partial charge in [-0.25, -0.2) is 0 Å². The van der Waals surface area contributed by atoms with Crippen molar-refractivity contribution in [2.75, 3.05) is 24.7 Å². The Morgan fingerprint density at radius 3 is 2.47 bits per heavy atom. The minimum Gasteiger partial charge on any atom is -0.463 e. The lowest BCUT2D eigenvalue weighted by molar-refractivity contribution is -0.147. The van der Waals surface area contributed by atoms with E-state index in [4.69, 9.17) is 9.47 Å². The number of allylic oxidation sites excluding steroid dienone is 1. The third-order valence-electron chi connectivity index (χ3n) is 10.7. The molecule has 0 unspecified atom stereocenters. The minimum absolute atomic E-state index is 0.0941. The third-order valence-corrected chi connectivity index (χ3v) is 10.7. The normalized spacial score (nSPS) is 24.6. The fourth-order valence-corrected chi connectivity index (χ4v) is 8.23. The second kappa shape index (κ2) is 15.2. The molecule has 3 aliphatic rings. The van der Waals surface area contributed by atoms with Crippen molar-refractivity contribution in [3.05, 3.63) is 104 Å². The summed E-state index contributed by atoms with van der Waals surface area (Å²) in [5, 5.41) is 15.7. The molecular formula is C41H47N3O7. The van der Waals surface area contributed by atoms with E-state index in [2.05, 4.69) is 18.5 Å². The maximum Gasteiger partial charge on any atom is 0.306 e. The highest BCUT2D eigenvalue weighted by molar-refractivity contribution is 6.06. The average Bonchev–Trinajstić information content (AvgIpc) is 3.79. The summed E-state index contributed by atoms with van der Waals surface area (Å²) in [5.41, 5.74) is 0.106. The molecule has 268 valence electrons. The molecule has 3 fully saturated rings. The first kappa shape index (κ1) is 36.0. The molecule has 3 aromatic rings. The van der Waals surface area contributed by atoms with Gasteiger partial charge in [0.25, 0.3) is 5.91 Å². The van der Waals surface area contributed by atoms with Crippen molar-refractivity contribution in [2.45, 2.75) is 69.4 Å². The van der Waals surface area contributed by atoms with Crippen LogP contribution in [0, 0.1) is 17.8 Å². The highest BCUT2D eigenvalue weighted by atomic mass is 16.5. The van der Waals surface area contributed by atoms with E-state index < -0.39 is 53.5 Å². The van der Waals surface area contributed by atoms with Gasteiger partial charge in [0.1, 0.15) is 18.2 Å². The first-order chi connectivity index (χ1) is 24.6. The molecule has 7 atom stereocenters. The number of esters is 1. The van der Waals surface area contributed by atoms with Gasteiger partial charge in [0, 0.05) is 18.7 Å². The Morgan fingerprint density at radius 1 is 1.06 bits per heavy atom. The molecule has 51 heavy (non-hydrogen) atoms. The van der Waals surface area contributed by atoms with Crippen LogP contribution in [0.15, 0.2) is 98.1 Å². The highest BCUT2D eigenvalue weighted by Gasteiger charge is 2.75. The molecule has 3 aromatic carbocycles. The van der Waals surface area contributed by atoms with Crippen LogP contribution in [-0.4, -0.2) is 77.2 Å². The first-order valence-corrected chi connectivity index (χ1v) is 17.8. The van der Waals surface area contributed by atoms with Gasteiger partial charge < -0.3 is 29.7 Å². The summed E-state index contributed by atoms with van der Waals surface area (Å²) in [7, 11) is 0. The Morgan fingerprint density at radius 2 is 1.78 bits per heavy atom. The predicted molar refractivity (Wildman–Crippen MR) is 194 cm³/mol. The quantitative estimate of drug-likeness (QED) is 0.167. The number of benzene rings is 3. The first-order valence-electron chi connectivity index (χ1n) is 17.8. The molecule has 10 heteroatoms. The molecule has 10 nitrogen and oxygen atoms in total. The average molecular weight is 694 g/mol. The van der Waals surface area contributed by atoms with E-state index in [0.29, 0.717) is 24.9 Å². The topological polar surface area (TPSA) is 125 Å². The number of nitrogens with one attached hydrogen (secondary N) is 1. The molecule has 0 aliphatic carbocycles. The highest BCUT2D eigenvalue weighted by Crippen LogP contribution is 2.59. The SMILES string of the molecule is C=CCCC(=O)OC[C@H](NC(=O)[C@@H]1[C@@H]2CC[C@]3(O2)[C@H](C(=O)N(CC=C)c2ccc4ccccc4c2)N([C@@H](CO)C(C)C)C(=O)[C@@H]13)c1ccccc1. The zero-order chi connectivity index (χ0) is 36.3. The molecule has 3 saturated heterocycles. The van der Waals surface area contributed by atoms with Crippen molar-refractivity contribution in [1.82, 2.24) is 10.2 Å². The van der Waals surface area contributed by atoms with Gasteiger partial charge in [-0.05, 0) is 53.6 Å². The van der Waals surface area contributed by atoms with Gasteiger partial charge in [0.15, 0.2) is 0 Å². The van der Waals surface area contributed by atoms with Crippen molar-refractivity contribution < 1.29 is 33.8 Å². The Balaban J connectivity index is 1.35. The van der Waals surface area contributed by atoms with Crippen molar-refractivity contribution in [2.24, 2.45) is 17.8 Å². The van der Waals surface area contributed by atoms with Crippen LogP contribution in [0.5, 0.6) is 0 Å². The summed E-state index contributed by atoms with van der Waals surface area (Å²) >= 11 is 0. The summed E-state index contributed by atoms with van der Waals surface area (Å²) in [6, 6.07) is 20.4. The number of anilines is 1. The lowest BCUT2D eigenvalue weighted by Crippen LogP contribution is -2.59. The largest absolute Gasteiger partial charge is 0.463 e. The minimum atomic E-state index is -1.28. The number of rotatable bonds is 15. The molecule has 0 aromatic heterocycles. The number of carbonyl (C=O) groups is 4. The van der Waals surface area contributed by atoms with E-state index in [-0.39, 0.29) is 43.9 Å². The monoisotopic (exact) mass is 693 g/mol. The molecule has 2 N–H and O–H groups in total. The van der Waals surface area contributed by atoms with E-state index in [0.717, 1.165) is 16.3 Å². The third kappa shape index (κ3) is 6.70. The molecule has 3 amide bonds. The smallest absolute Gasteiger partial charge is 0.306 e. The van der Waals surface area contributed by atoms with E-state index in [9.17, 15) is 19.5 Å². The Kier molecular flexibility index (Phi) is 10.7. The number of hydrogen-bond donors (Lipinski definition) is 2. The van der Waals surface area contributed by atoms with Crippen LogP contribution < -0.4 is 10.2 Å². The van der Waals surface area contributed by atoms with Gasteiger partial charge in [-0.3, -0.25) is 19.2 Å². The summed E-state index contributed by atoms with van der Waals surface area (Å²) in [6.45, 7) is 11.1. The number of carbonyl (C=O) groups excluding carboxylic acids is 4. The molecule has 6 rings (SSSR count). The summed E-state index contributed by atoms with van der Waals surface area (Å²) in [6.07, 6.45) is 4.22. The van der Waals surface area contributed by atoms with Gasteiger partial charge in [-0.15, -0.1) is 13.2 Å². The lowest BCUT2D eigenvalue weighted by Gasteiger charge is -2.40. The summed E-state index contributed by atoms with van der Waals surface area (Å²) in [4.78, 5) is 59.7. The van der Waals surface area contributed by atoms with Gasteiger partial charge in [-0.1, -0.05) is 86.7 Å². The molecular weight excluding hydrogens is 646 g/mol. The van der Waals surface area contributed by atoms with Crippen LogP contribution in [0.2, 0.25) is 0 Å². The zero-order valence-corrected chi connectivity index (χ0v) is 29.3. The Bertz CT molecular complexity index is 1790. The van der Waals surface area contributed by atoms with Crippen LogP contribution in [0.4, 0.5) is 5.69 Å². The zero-order valence-electron chi connectivity index (χ0n) is 29.3. The van der Waals surface area contributed by atoms with Crippen LogP contribution in [0.3, 0.4) is 0 Å². The number of fused-ring (bicyclic) bond motifs is 2. The van der Waals surface area contributed by atoms with E-state index >= 15 is 4.79 Å². The summed E-state index contributed by atoms with van der Waals surface area (Å²) in [5.74, 6) is -3.59. The number of ether oxygens (including phenoxy) is 2. The lowest BCUT2D eigenvalue weighted by atomic mass is 9.70. The van der Waals surface area contributed by atoms with Crippen molar-refractivity contribution in [3.63, 3.8) is 0 Å². The number of likely N-dealkylation sites (tertiary alicyclic amines) is 1. The van der Waals surface area contributed by atoms with Crippen LogP contribution >= 0.6 is 0 Å². The van der Waals surface area contributed by atoms with Crippen molar-refractivity contribution >= 4 is 40.2 Å². The van der Waals surface area contributed by atoms with Crippen LogP contribution in [0.25, 0.3) is 10.8 Å². The maximum absolute atomic E-state index is 15.0. The van der Waals surface area contributed by atoms with E-state index in [1.54, 1.807) is 17.1 Å². The van der Waals surface area contributed by atoms with Gasteiger partial charge in [0.2, 0.25) is 11.8 Å². The Hall–Kier alpha value is -4.80. The molecule has 3 heterocycles. The van der Waals surface area contributed by atoms with Crippen LogP contribution in [0.1, 0.15) is 51.1 Å². The van der Waals surface area contributed by atoms with E-state index in [1.807, 2.05) is 86.6 Å². The Labute approximate surface area is 299 Å². The number of hydrogen-bond acceptors (Lipinski definition) is 7. The molecule has 3 aliphatic heterocycles. The van der Waals surface area contributed by atoms with Crippen molar-refractivity contribution in [3.8, 4) is 0 Å². The molecule has 1 spiro atoms. The molecule has 0 saturated carbocycles. The standard InChI is InChI=1S/C41H47N3O7/c1-5-7-17-34(46)50-25-31(28-14-9-8-10-15-28)42-38(47)35-33-20-21-41(51-33)36(35)39(48)44(32(24-45)26(3)4)37(41)40(49)43(22-6-2)30-19-18-27-13-11-12-16-29(27)23-30/h5-6,8-16,18-19,23,26,31-33,35-37,45H,1-2,7,17,20-22,24-25H2,3-4H3,(H,42,47)/t31-,32-,33-,35+,36+,37-,41+/m0/s1. The second-order valence-corrected chi connectivity index (χ2v) is 14.0. The predicted octanol–water partition coefficient (Wildman–Crippen LogP) is 5.12. The van der Waals surface area contributed by atoms with E-state index in [1.165, 1.54) is 4.90 Å². The number of nitrogens with zero attached hydrogens (tertiary/aromatic N) is 2. The number of aliphatic hydroxyl groups is 1. The van der Waals surface area contributed by atoms with Gasteiger partial charge >= 0.3 is 5.97 Å². The number of aliphatic hydroxyl groups excluding tert-OH is 1. The maximum atomic E-state index is 15.0. The fraction of sp³-hybridized carbons (Fsp3) is 0.415. The van der Waals surface area contributed by atoms with Gasteiger partial charge in [-0.2, -0.15) is 0 Å². The second-order valence-electron chi connectivity index (χ2n) is 14.0. The van der Waals surface area contributed by atoms with Crippen LogP contribution in [-0.2, 0) is 28.7 Å². The van der Waals surface area contributed by atoms with Gasteiger partial charge in [0.05, 0.1) is 36.6 Å². The fourth-order valence-electron chi connectivity index (χ4n) is 8.23. The molecule has 2 bridgehead atoms. The molecule has 0 radical (unpaired) electrons. The van der Waals surface area contributed by atoms with Crippen molar-refractivity contribution in [1.29, 1.82) is 0 Å². The summed E-state index contributed by atoms with van der Waals surface area (Å²) < 4.78 is 12.3. The number of amides is 3.